The predicted molar refractivity (Wildman–Crippen MR) is 294 cm³/mol. The standard InChI is InChI=1S/C58H69FN6O13S/c1-9-43-19-21-44(22-20-43)42(6)64-38-57(70)63(41(5)45-23-25-49(26-24-45)78-79(59,72)73)34-53(66)60-40(4)58(71)62(28-27-46-15-13-14-18-52(46)77-48-16-11-10-12-17-48)36-56(69)65(47-31-50(74-7)33-51(32-47)75-8)37-54(67)61(35-55(64)68)29-30-76-39(2)3/h10-26,31-33,39-42H,9,27-30,34-38H2,1-8H3,(H,60,66)/t40-,41+,42+/m1/s1. The summed E-state index contributed by atoms with van der Waals surface area (Å²) in [7, 11) is -2.52. The molecule has 1 aliphatic rings. The number of para-hydroxylation sites is 2. The van der Waals surface area contributed by atoms with Crippen LogP contribution in [-0.2, 0) is 56.8 Å². The molecule has 3 atom stereocenters. The number of aryl methyl sites for hydroxylation is 1. The Morgan fingerprint density at radius 1 is 0.620 bits per heavy atom. The van der Waals surface area contributed by atoms with Gasteiger partial charge in [-0.3, -0.25) is 28.8 Å². The molecule has 0 unspecified atom stereocenters. The fraction of sp³-hybridized carbons (Fsp3) is 0.379. The minimum absolute atomic E-state index is 0.0122. The molecule has 79 heavy (non-hydrogen) atoms. The van der Waals surface area contributed by atoms with Crippen LogP contribution in [0.3, 0.4) is 0 Å². The summed E-state index contributed by atoms with van der Waals surface area (Å²) in [6, 6.07) is 30.5. The first-order valence-corrected chi connectivity index (χ1v) is 27.2. The average molecular weight is 1110 g/mol. The molecule has 6 amide bonds. The molecule has 0 saturated carbocycles. The van der Waals surface area contributed by atoms with E-state index in [0.717, 1.165) is 12.0 Å². The number of anilines is 1. The quantitative estimate of drug-likeness (QED) is 0.0827. The Morgan fingerprint density at radius 3 is 1.78 bits per heavy atom. The molecule has 19 nitrogen and oxygen atoms in total. The number of carbonyl (C=O) groups excluding carboxylic acids is 6. The number of ether oxygens (including phenoxy) is 4. The molecule has 1 saturated heterocycles. The molecule has 5 aromatic rings. The van der Waals surface area contributed by atoms with Crippen LogP contribution in [0.4, 0.5) is 9.57 Å². The molecule has 0 aromatic heterocycles. The highest BCUT2D eigenvalue weighted by molar-refractivity contribution is 7.81. The van der Waals surface area contributed by atoms with E-state index in [4.69, 9.17) is 18.9 Å². The zero-order valence-electron chi connectivity index (χ0n) is 45.8. The molecule has 5 aromatic carbocycles. The molecule has 0 aliphatic carbocycles. The van der Waals surface area contributed by atoms with Crippen molar-refractivity contribution in [3.8, 4) is 28.7 Å². The SMILES string of the molecule is CCc1ccc([C@H](C)N2CC(=O)N([C@@H](C)c3ccc(OS(=O)(=O)F)cc3)CC(=O)N[C@H](C)C(=O)N(CCc3ccccc3Oc3ccccc3)CC(=O)N(c3cc(OC)cc(OC)c3)CC(=O)N(CCOC(C)C)CC2=O)cc1. The molecule has 1 N–H and O–H groups in total. The Kier molecular flexibility index (Phi) is 21.4. The number of hydrogen-bond donors (Lipinski definition) is 1. The lowest BCUT2D eigenvalue weighted by Crippen LogP contribution is -2.55. The Morgan fingerprint density at radius 2 is 1.19 bits per heavy atom. The Hall–Kier alpha value is -8.04. The molecule has 21 heteroatoms. The van der Waals surface area contributed by atoms with Crippen LogP contribution in [0.5, 0.6) is 28.7 Å². The smallest absolute Gasteiger partial charge is 0.488 e. The molecular weight excluding hydrogens is 1040 g/mol. The summed E-state index contributed by atoms with van der Waals surface area (Å²) in [6.45, 7) is 7.04. The number of halogens is 1. The minimum Gasteiger partial charge on any atom is -0.497 e. The van der Waals surface area contributed by atoms with Gasteiger partial charge in [-0.1, -0.05) is 83.6 Å². The molecular formula is C58H69FN6O13S. The maximum absolute atomic E-state index is 15.2. The molecule has 6 rings (SSSR count). The van der Waals surface area contributed by atoms with E-state index in [0.29, 0.717) is 28.2 Å². The van der Waals surface area contributed by atoms with E-state index in [9.17, 15) is 21.9 Å². The summed E-state index contributed by atoms with van der Waals surface area (Å²) in [5.41, 5.74) is 2.90. The summed E-state index contributed by atoms with van der Waals surface area (Å²) < 4.78 is 63.7. The van der Waals surface area contributed by atoms with Crippen molar-refractivity contribution < 1.29 is 64.2 Å². The number of rotatable bonds is 19. The maximum atomic E-state index is 15.2. The van der Waals surface area contributed by atoms with Crippen LogP contribution >= 0.6 is 0 Å². The van der Waals surface area contributed by atoms with Crippen LogP contribution in [0.15, 0.2) is 121 Å². The van der Waals surface area contributed by atoms with Gasteiger partial charge < -0.3 is 52.9 Å². The third kappa shape index (κ3) is 17.2. The van der Waals surface area contributed by atoms with E-state index < -0.39 is 96.8 Å². The summed E-state index contributed by atoms with van der Waals surface area (Å²) >= 11 is 0. The first kappa shape index (κ1) is 60.2. The Bertz CT molecular complexity index is 3000. The van der Waals surface area contributed by atoms with Crippen LogP contribution in [0.25, 0.3) is 0 Å². The van der Waals surface area contributed by atoms with Crippen LogP contribution < -0.4 is 28.6 Å². The molecule has 1 fully saturated rings. The van der Waals surface area contributed by atoms with E-state index in [2.05, 4.69) is 9.50 Å². The molecule has 1 aliphatic heterocycles. The second-order valence-electron chi connectivity index (χ2n) is 19.1. The van der Waals surface area contributed by atoms with Gasteiger partial charge in [-0.15, -0.1) is 0 Å². The Labute approximate surface area is 461 Å². The first-order valence-electron chi connectivity index (χ1n) is 25.9. The highest BCUT2D eigenvalue weighted by Crippen LogP contribution is 2.31. The van der Waals surface area contributed by atoms with E-state index in [-0.39, 0.29) is 55.2 Å². The third-order valence-electron chi connectivity index (χ3n) is 13.3. The van der Waals surface area contributed by atoms with Crippen molar-refractivity contribution >= 4 is 51.6 Å². The largest absolute Gasteiger partial charge is 0.497 e. The van der Waals surface area contributed by atoms with Crippen molar-refractivity contribution in [1.29, 1.82) is 0 Å². The lowest BCUT2D eigenvalue weighted by Gasteiger charge is -2.36. The van der Waals surface area contributed by atoms with Gasteiger partial charge in [0.1, 0.15) is 61.0 Å². The van der Waals surface area contributed by atoms with Gasteiger partial charge in [-0.25, -0.2) is 0 Å². The van der Waals surface area contributed by atoms with E-state index >= 15 is 19.2 Å². The van der Waals surface area contributed by atoms with Gasteiger partial charge in [0.25, 0.3) is 0 Å². The van der Waals surface area contributed by atoms with E-state index in [1.54, 1.807) is 44.2 Å². The number of nitrogens with one attached hydrogen (secondary N) is 1. The monoisotopic (exact) mass is 1110 g/mol. The molecule has 1 heterocycles. The highest BCUT2D eigenvalue weighted by atomic mass is 32.3. The normalized spacial score (nSPS) is 16.6. The van der Waals surface area contributed by atoms with Gasteiger partial charge in [0.15, 0.2) is 0 Å². The van der Waals surface area contributed by atoms with Gasteiger partial charge in [-0.05, 0) is 100 Å². The van der Waals surface area contributed by atoms with Crippen molar-refractivity contribution in [2.45, 2.75) is 78.6 Å². The van der Waals surface area contributed by atoms with E-state index in [1.165, 1.54) is 82.0 Å². The number of methoxy groups -OCH3 is 2. The van der Waals surface area contributed by atoms with Crippen molar-refractivity contribution in [2.24, 2.45) is 0 Å². The number of hydrogen-bond acceptors (Lipinski definition) is 13. The second-order valence-corrected chi connectivity index (χ2v) is 20.1. The topological polar surface area (TPSA) is 211 Å². The molecule has 0 bridgehead atoms. The maximum Gasteiger partial charge on any atom is 0.488 e. The lowest BCUT2D eigenvalue weighted by atomic mass is 10.0. The zero-order valence-corrected chi connectivity index (χ0v) is 46.6. The summed E-state index contributed by atoms with van der Waals surface area (Å²) in [6.07, 6.45) is 0.640. The van der Waals surface area contributed by atoms with Crippen molar-refractivity contribution in [2.75, 3.05) is 71.5 Å². The molecule has 0 radical (unpaired) electrons. The number of amides is 6. The highest BCUT2D eigenvalue weighted by Gasteiger charge is 2.35. The summed E-state index contributed by atoms with van der Waals surface area (Å²) in [5.74, 6) is -2.96. The fourth-order valence-corrected chi connectivity index (χ4v) is 9.19. The molecule has 422 valence electrons. The van der Waals surface area contributed by atoms with Gasteiger partial charge in [0.05, 0.1) is 51.2 Å². The first-order chi connectivity index (χ1) is 37.7. The van der Waals surface area contributed by atoms with Crippen LogP contribution in [-0.4, -0.2) is 142 Å². The number of nitrogens with zero attached hydrogens (tertiary/aromatic N) is 5. The second kappa shape index (κ2) is 28.0. The van der Waals surface area contributed by atoms with Crippen LogP contribution in [0, 0.1) is 0 Å². The lowest BCUT2D eigenvalue weighted by molar-refractivity contribution is -0.148. The van der Waals surface area contributed by atoms with Crippen LogP contribution in [0.2, 0.25) is 0 Å². The fourth-order valence-electron chi connectivity index (χ4n) is 8.85. The summed E-state index contributed by atoms with van der Waals surface area (Å²) in [4.78, 5) is 95.9. The predicted octanol–water partition coefficient (Wildman–Crippen LogP) is 7.01. The van der Waals surface area contributed by atoms with E-state index in [1.807, 2.05) is 75.4 Å². The van der Waals surface area contributed by atoms with Gasteiger partial charge >= 0.3 is 10.5 Å². The van der Waals surface area contributed by atoms with Gasteiger partial charge in [-0.2, -0.15) is 8.42 Å². The van der Waals surface area contributed by atoms with Crippen molar-refractivity contribution in [3.63, 3.8) is 0 Å². The van der Waals surface area contributed by atoms with Gasteiger partial charge in [0.2, 0.25) is 35.4 Å². The average Bonchev–Trinajstić information content (AvgIpc) is 3.44. The zero-order chi connectivity index (χ0) is 57.4. The minimum atomic E-state index is -5.37. The van der Waals surface area contributed by atoms with Gasteiger partial charge in [0, 0.05) is 31.3 Å². The number of carbonyl (C=O) groups is 6. The summed E-state index contributed by atoms with van der Waals surface area (Å²) in [5, 5.41) is 2.72. The van der Waals surface area contributed by atoms with Crippen molar-refractivity contribution in [1.82, 2.24) is 24.9 Å². The number of benzene rings is 5. The molecule has 0 spiro atoms. The Balaban J connectivity index is 1.47. The van der Waals surface area contributed by atoms with Crippen LogP contribution in [0.1, 0.15) is 75.9 Å². The third-order valence-corrected chi connectivity index (χ3v) is 13.7. The van der Waals surface area contributed by atoms with Crippen molar-refractivity contribution in [3.05, 3.63) is 144 Å².